The highest BCUT2D eigenvalue weighted by Crippen LogP contribution is 2.53. The molecule has 0 aliphatic carbocycles. The normalized spacial score (nSPS) is 23.5. The Morgan fingerprint density at radius 1 is 0.865 bits per heavy atom. The first-order valence-corrected chi connectivity index (χ1v) is 12.6. The molecule has 3 aliphatic rings. The minimum atomic E-state index is -0.865. The second kappa shape index (κ2) is 8.81. The number of hydrogen-bond acceptors (Lipinski definition) is 6. The number of fused-ring (bicyclic) bond motifs is 5. The average molecular weight is 557 g/mol. The lowest BCUT2D eigenvalue weighted by Crippen LogP contribution is -2.44. The van der Waals surface area contributed by atoms with Gasteiger partial charge in [-0.25, -0.2) is 4.90 Å². The number of hydrogen-bond donors (Lipinski definition) is 0. The molecule has 3 aliphatic heterocycles. The predicted octanol–water partition coefficient (Wildman–Crippen LogP) is 4.77. The highest BCUT2D eigenvalue weighted by atomic mass is 79.9. The van der Waals surface area contributed by atoms with Crippen LogP contribution in [0.3, 0.4) is 0 Å². The van der Waals surface area contributed by atoms with E-state index in [1.165, 1.54) is 11.8 Å². The monoisotopic (exact) mass is 556 g/mol. The van der Waals surface area contributed by atoms with Crippen molar-refractivity contribution in [2.75, 3.05) is 4.90 Å². The van der Waals surface area contributed by atoms with Gasteiger partial charge >= 0.3 is 5.97 Å². The Morgan fingerprint density at radius 3 is 2.24 bits per heavy atom. The number of imide groups is 1. The summed E-state index contributed by atoms with van der Waals surface area (Å²) >= 11 is 3.39. The minimum absolute atomic E-state index is 0.269. The zero-order valence-corrected chi connectivity index (χ0v) is 21.3. The maximum Gasteiger partial charge on any atom is 0.308 e. The number of benzene rings is 3. The van der Waals surface area contributed by atoms with Crippen molar-refractivity contribution in [3.63, 3.8) is 0 Å². The second-order valence-electron chi connectivity index (χ2n) is 9.30. The summed E-state index contributed by atoms with van der Waals surface area (Å²) in [7, 11) is 0. The van der Waals surface area contributed by atoms with Crippen LogP contribution in [0.2, 0.25) is 0 Å². The van der Waals surface area contributed by atoms with Gasteiger partial charge in [-0.05, 0) is 65.7 Å². The molecule has 0 bridgehead atoms. The van der Waals surface area contributed by atoms with E-state index in [1.807, 2.05) is 41.4 Å². The summed E-state index contributed by atoms with van der Waals surface area (Å²) in [6.45, 7) is 1.30. The molecule has 37 heavy (non-hydrogen) atoms. The summed E-state index contributed by atoms with van der Waals surface area (Å²) in [4.78, 5) is 56.1. The molecule has 0 aromatic heterocycles. The molecule has 3 aromatic rings. The predicted molar refractivity (Wildman–Crippen MR) is 140 cm³/mol. The van der Waals surface area contributed by atoms with E-state index < -0.39 is 29.9 Å². The highest BCUT2D eigenvalue weighted by Gasteiger charge is 2.64. The fourth-order valence-electron chi connectivity index (χ4n) is 5.73. The van der Waals surface area contributed by atoms with Crippen LogP contribution < -0.4 is 9.64 Å². The number of ether oxygens (including phenoxy) is 1. The number of amides is 2. The molecule has 0 radical (unpaired) electrons. The van der Waals surface area contributed by atoms with Crippen LogP contribution in [0.1, 0.15) is 34.5 Å². The van der Waals surface area contributed by atoms with Crippen LogP contribution >= 0.6 is 15.9 Å². The molecule has 2 amide bonds. The molecule has 0 saturated carbocycles. The van der Waals surface area contributed by atoms with Gasteiger partial charge in [0.15, 0.2) is 5.78 Å². The van der Waals surface area contributed by atoms with Crippen molar-refractivity contribution < 1.29 is 23.9 Å². The Balaban J connectivity index is 1.44. The summed E-state index contributed by atoms with van der Waals surface area (Å²) in [6, 6.07) is 19.7. The number of carbonyl (C=O) groups is 4. The Hall–Kier alpha value is -4.04. The number of nitrogens with zero attached hydrogens (tertiary/aromatic N) is 2. The van der Waals surface area contributed by atoms with Gasteiger partial charge in [0.25, 0.3) is 0 Å². The summed E-state index contributed by atoms with van der Waals surface area (Å²) in [5, 5.41) is 0. The third kappa shape index (κ3) is 3.71. The van der Waals surface area contributed by atoms with Crippen molar-refractivity contribution in [1.29, 1.82) is 0 Å². The van der Waals surface area contributed by atoms with Crippen molar-refractivity contribution in [3.05, 3.63) is 100 Å². The van der Waals surface area contributed by atoms with Crippen LogP contribution in [0.25, 0.3) is 6.08 Å². The molecule has 8 heteroatoms. The van der Waals surface area contributed by atoms with E-state index in [0.717, 1.165) is 15.6 Å². The van der Waals surface area contributed by atoms with Crippen LogP contribution in [-0.2, 0) is 14.4 Å². The summed E-state index contributed by atoms with van der Waals surface area (Å²) in [5.74, 6) is -2.65. The number of rotatable bonds is 4. The van der Waals surface area contributed by atoms with Gasteiger partial charge in [-0.2, -0.15) is 0 Å². The molecule has 184 valence electrons. The molecule has 0 unspecified atom stereocenters. The molecule has 0 spiro atoms. The molecule has 7 nitrogen and oxygen atoms in total. The number of carbonyl (C=O) groups excluding carboxylic acids is 4. The van der Waals surface area contributed by atoms with Gasteiger partial charge in [-0.1, -0.05) is 40.2 Å². The number of esters is 1. The van der Waals surface area contributed by atoms with Crippen LogP contribution in [0.5, 0.6) is 5.75 Å². The molecule has 6 rings (SSSR count). The van der Waals surface area contributed by atoms with Crippen LogP contribution in [-0.4, -0.2) is 34.5 Å². The summed E-state index contributed by atoms with van der Waals surface area (Å²) < 4.78 is 5.92. The first-order valence-electron chi connectivity index (χ1n) is 11.9. The van der Waals surface area contributed by atoms with E-state index in [4.69, 9.17) is 4.74 Å². The Kier molecular flexibility index (Phi) is 5.56. The number of ketones is 1. The topological polar surface area (TPSA) is 84.0 Å². The lowest BCUT2D eigenvalue weighted by molar-refractivity contribution is -0.132. The third-order valence-corrected chi connectivity index (χ3v) is 7.74. The lowest BCUT2D eigenvalue weighted by Gasteiger charge is -2.35. The van der Waals surface area contributed by atoms with Crippen LogP contribution in [0, 0.1) is 11.8 Å². The number of anilines is 1. The van der Waals surface area contributed by atoms with Gasteiger partial charge in [0.1, 0.15) is 11.8 Å². The third-order valence-electron chi connectivity index (χ3n) is 7.22. The first-order chi connectivity index (χ1) is 17.8. The van der Waals surface area contributed by atoms with Gasteiger partial charge in [0, 0.05) is 23.2 Å². The van der Waals surface area contributed by atoms with E-state index in [-0.39, 0.29) is 17.6 Å². The minimum Gasteiger partial charge on any atom is -0.427 e. The number of halogens is 1. The molecule has 0 N–H and O–H groups in total. The van der Waals surface area contributed by atoms with Gasteiger partial charge in [-0.15, -0.1) is 0 Å². The Bertz CT molecular complexity index is 1480. The molecule has 2 fully saturated rings. The molecule has 4 atom stereocenters. The number of Topliss-reactive ketones (excluding diaryl/α,β-unsaturated/α-hetero) is 1. The van der Waals surface area contributed by atoms with E-state index in [2.05, 4.69) is 15.9 Å². The van der Waals surface area contributed by atoms with Crippen molar-refractivity contribution in [1.82, 2.24) is 4.90 Å². The molecule has 3 heterocycles. The van der Waals surface area contributed by atoms with E-state index in [1.54, 1.807) is 48.5 Å². The Morgan fingerprint density at radius 2 is 1.54 bits per heavy atom. The van der Waals surface area contributed by atoms with Crippen molar-refractivity contribution in [2.24, 2.45) is 11.8 Å². The zero-order chi connectivity index (χ0) is 25.8. The van der Waals surface area contributed by atoms with Gasteiger partial charge in [0.05, 0.1) is 23.6 Å². The molecular weight excluding hydrogens is 536 g/mol. The van der Waals surface area contributed by atoms with Crippen LogP contribution in [0.15, 0.2) is 83.5 Å². The van der Waals surface area contributed by atoms with Crippen LogP contribution in [0.4, 0.5) is 5.69 Å². The average Bonchev–Trinajstić information content (AvgIpc) is 3.37. The van der Waals surface area contributed by atoms with Gasteiger partial charge in [0.2, 0.25) is 11.8 Å². The largest absolute Gasteiger partial charge is 0.427 e. The summed E-state index contributed by atoms with van der Waals surface area (Å²) in [5.41, 5.74) is 2.73. The molecule has 2 saturated heterocycles. The first kappa shape index (κ1) is 23.4. The van der Waals surface area contributed by atoms with Gasteiger partial charge in [-0.3, -0.25) is 19.2 Å². The quantitative estimate of drug-likeness (QED) is 0.199. The van der Waals surface area contributed by atoms with Crippen molar-refractivity contribution in [2.45, 2.75) is 19.0 Å². The van der Waals surface area contributed by atoms with E-state index in [0.29, 0.717) is 17.0 Å². The van der Waals surface area contributed by atoms with Crippen molar-refractivity contribution >= 4 is 51.3 Å². The SMILES string of the molecule is CC(=O)Oc1ccc(C(=O)[C@@H]2[C@@H]3C(=O)N(c4ccc(Br)cc4)C(=O)[C@@H]3[C@H]3c4ccccc4C=CN23)cc1. The lowest BCUT2D eigenvalue weighted by atomic mass is 9.83. The molecule has 3 aromatic carbocycles. The Labute approximate surface area is 221 Å². The fraction of sp³-hybridized carbons (Fsp3) is 0.172. The molecular formula is C29H21BrN2O5. The maximum atomic E-state index is 14.0. The smallest absolute Gasteiger partial charge is 0.308 e. The maximum absolute atomic E-state index is 14.0. The van der Waals surface area contributed by atoms with Crippen molar-refractivity contribution in [3.8, 4) is 5.75 Å². The zero-order valence-electron chi connectivity index (χ0n) is 19.7. The highest BCUT2D eigenvalue weighted by molar-refractivity contribution is 9.10. The standard InChI is InChI=1S/C29H21BrN2O5/c1-16(33)37-21-12-6-18(7-13-21)27(34)26-24-23(25-22-5-3-2-4-17(22)14-15-31(25)26)28(35)32(29(24)36)20-10-8-19(30)9-11-20/h2-15,23-26H,1H3/t23-,24+,25+,26-/m0/s1. The second-order valence-corrected chi connectivity index (χ2v) is 10.2. The van der Waals surface area contributed by atoms with E-state index >= 15 is 0 Å². The summed E-state index contributed by atoms with van der Waals surface area (Å²) in [6.07, 6.45) is 3.74. The van der Waals surface area contributed by atoms with E-state index in [9.17, 15) is 19.2 Å². The van der Waals surface area contributed by atoms with Gasteiger partial charge < -0.3 is 9.64 Å². The fourth-order valence-corrected chi connectivity index (χ4v) is 5.99.